The summed E-state index contributed by atoms with van der Waals surface area (Å²) in [6.07, 6.45) is 6.04. The maximum atomic E-state index is 12.2. The topological polar surface area (TPSA) is 23.6 Å². The summed E-state index contributed by atoms with van der Waals surface area (Å²) in [7, 11) is 0. The average Bonchev–Trinajstić information content (AvgIpc) is 3.08. The van der Waals surface area contributed by atoms with E-state index in [9.17, 15) is 4.79 Å². The van der Waals surface area contributed by atoms with E-state index >= 15 is 0 Å². The Kier molecular flexibility index (Phi) is 5.71. The molecule has 0 spiro atoms. The van der Waals surface area contributed by atoms with Crippen LogP contribution >= 0.6 is 35.7 Å². The molecule has 0 N–H and O–H groups in total. The molecule has 0 atom stereocenters. The predicted molar refractivity (Wildman–Crippen MR) is 113 cm³/mol. The lowest BCUT2D eigenvalue weighted by atomic mass is 10.2. The number of hydrogen-bond acceptors (Lipinski definition) is 5. The number of rotatable bonds is 4. The average molecular weight is 389 g/mol. The van der Waals surface area contributed by atoms with E-state index in [1.807, 2.05) is 19.1 Å². The fourth-order valence-electron chi connectivity index (χ4n) is 2.72. The second kappa shape index (κ2) is 7.81. The number of likely N-dealkylation sites (N-methyl/N-ethyl adjacent to an activating group) is 1. The molecule has 2 aliphatic heterocycles. The molecule has 3 nitrogen and oxygen atoms in total. The summed E-state index contributed by atoms with van der Waals surface area (Å²) in [5, 5.41) is 1.21. The number of carbonyl (C=O) groups is 1. The number of hydrogen-bond donors (Lipinski definition) is 0. The molecule has 2 heterocycles. The Balaban J connectivity index is 1.80. The number of fused-ring (bicyclic) bond motifs is 1. The van der Waals surface area contributed by atoms with Crippen LogP contribution in [0.5, 0.6) is 0 Å². The molecule has 1 aromatic rings. The number of carbonyl (C=O) groups excluding carboxylic acids is 1. The minimum atomic E-state index is 0.00651. The van der Waals surface area contributed by atoms with Crippen molar-refractivity contribution >= 4 is 51.7 Å². The summed E-state index contributed by atoms with van der Waals surface area (Å²) < 4.78 is 0.641. The summed E-state index contributed by atoms with van der Waals surface area (Å²) in [5.41, 5.74) is 2.37. The maximum Gasteiger partial charge on any atom is 0.266 e. The van der Waals surface area contributed by atoms with Crippen LogP contribution in [0.25, 0.3) is 0 Å². The highest BCUT2D eigenvalue weighted by Crippen LogP contribution is 2.45. The number of para-hydroxylation sites is 1. The lowest BCUT2D eigenvalue weighted by Crippen LogP contribution is -2.27. The van der Waals surface area contributed by atoms with Gasteiger partial charge in [0.25, 0.3) is 5.91 Å². The third-order valence-electron chi connectivity index (χ3n) is 3.99. The number of nitrogens with zero attached hydrogens (tertiary/aromatic N) is 2. The molecule has 3 rings (SSSR count). The van der Waals surface area contributed by atoms with Gasteiger partial charge in [0.1, 0.15) is 4.32 Å². The van der Waals surface area contributed by atoms with Crippen molar-refractivity contribution < 1.29 is 4.79 Å². The fourth-order valence-corrected chi connectivity index (χ4v) is 5.29. The molecule has 1 fully saturated rings. The molecule has 25 heavy (non-hydrogen) atoms. The number of amides is 1. The number of thioether (sulfide) groups is 2. The Labute approximate surface area is 162 Å². The molecular weight excluding hydrogens is 368 g/mol. The molecule has 1 aromatic carbocycles. The van der Waals surface area contributed by atoms with E-state index in [1.165, 1.54) is 27.4 Å². The largest absolute Gasteiger partial charge is 0.335 e. The Morgan fingerprint density at radius 1 is 1.16 bits per heavy atom. The van der Waals surface area contributed by atoms with Gasteiger partial charge in [-0.05, 0) is 50.6 Å². The van der Waals surface area contributed by atoms with Gasteiger partial charge in [-0.3, -0.25) is 9.69 Å². The Hall–Kier alpha value is -1.50. The third kappa shape index (κ3) is 3.71. The fraction of sp³-hybridized carbons (Fsp3) is 0.263. The zero-order valence-corrected chi connectivity index (χ0v) is 16.9. The Bertz CT molecular complexity index is 811. The Morgan fingerprint density at radius 3 is 2.56 bits per heavy atom. The standard InChI is InChI=1S/C19H20N2OS3/c1-4-20-14-8-6-7-9-15(14)24-17(20)12-13(3)10-11-16-18(22)21(5-2)19(23)25-16/h6-12H,4-5H2,1-3H3. The highest BCUT2D eigenvalue weighted by Gasteiger charge is 2.30. The van der Waals surface area contributed by atoms with Gasteiger partial charge < -0.3 is 4.90 Å². The zero-order valence-electron chi connectivity index (χ0n) is 14.5. The predicted octanol–water partition coefficient (Wildman–Crippen LogP) is 5.17. The number of allylic oxidation sites excluding steroid dienone is 4. The molecule has 6 heteroatoms. The van der Waals surface area contributed by atoms with Gasteiger partial charge in [0.15, 0.2) is 0 Å². The molecule has 1 saturated heterocycles. The number of anilines is 1. The van der Waals surface area contributed by atoms with Crippen LogP contribution in [0, 0.1) is 0 Å². The number of benzene rings is 1. The highest BCUT2D eigenvalue weighted by atomic mass is 32.2. The van der Waals surface area contributed by atoms with E-state index in [4.69, 9.17) is 12.2 Å². The van der Waals surface area contributed by atoms with Crippen molar-refractivity contribution in [1.29, 1.82) is 0 Å². The molecule has 2 aliphatic rings. The van der Waals surface area contributed by atoms with Crippen LogP contribution in [0.3, 0.4) is 0 Å². The first kappa shape index (κ1) is 18.3. The third-order valence-corrected chi connectivity index (χ3v) is 6.50. The van der Waals surface area contributed by atoms with E-state index in [1.54, 1.807) is 16.7 Å². The van der Waals surface area contributed by atoms with Gasteiger partial charge >= 0.3 is 0 Å². The summed E-state index contributed by atoms with van der Waals surface area (Å²) in [6, 6.07) is 8.45. The Morgan fingerprint density at radius 2 is 1.88 bits per heavy atom. The molecular formula is C19H20N2OS3. The van der Waals surface area contributed by atoms with Crippen molar-refractivity contribution in [2.75, 3.05) is 18.0 Å². The van der Waals surface area contributed by atoms with Crippen LogP contribution in [0.4, 0.5) is 5.69 Å². The summed E-state index contributed by atoms with van der Waals surface area (Å²) in [4.78, 5) is 18.2. The summed E-state index contributed by atoms with van der Waals surface area (Å²) in [6.45, 7) is 7.70. The van der Waals surface area contributed by atoms with E-state index in [2.05, 4.69) is 49.1 Å². The van der Waals surface area contributed by atoms with Crippen LogP contribution in [-0.2, 0) is 4.79 Å². The zero-order chi connectivity index (χ0) is 18.0. The molecule has 1 amide bonds. The van der Waals surface area contributed by atoms with Crippen LogP contribution in [0.1, 0.15) is 20.8 Å². The smallest absolute Gasteiger partial charge is 0.266 e. The molecule has 0 saturated carbocycles. The van der Waals surface area contributed by atoms with Gasteiger partial charge in [0, 0.05) is 18.0 Å². The van der Waals surface area contributed by atoms with E-state index in [0.29, 0.717) is 15.8 Å². The van der Waals surface area contributed by atoms with E-state index < -0.39 is 0 Å². The molecule has 0 unspecified atom stereocenters. The monoisotopic (exact) mass is 388 g/mol. The quantitative estimate of drug-likeness (QED) is 0.523. The van der Waals surface area contributed by atoms with Gasteiger partial charge in [0.2, 0.25) is 0 Å². The van der Waals surface area contributed by atoms with Crippen molar-refractivity contribution in [3.05, 3.63) is 58.0 Å². The lowest BCUT2D eigenvalue weighted by molar-refractivity contribution is -0.122. The minimum Gasteiger partial charge on any atom is -0.335 e. The summed E-state index contributed by atoms with van der Waals surface area (Å²) in [5.74, 6) is 0.00651. The second-order valence-corrected chi connectivity index (χ2v) is 8.39. The van der Waals surface area contributed by atoms with Crippen molar-refractivity contribution in [3.63, 3.8) is 0 Å². The van der Waals surface area contributed by atoms with Gasteiger partial charge in [0.05, 0.1) is 15.6 Å². The van der Waals surface area contributed by atoms with Gasteiger partial charge in [-0.1, -0.05) is 54.0 Å². The first-order valence-electron chi connectivity index (χ1n) is 8.23. The van der Waals surface area contributed by atoms with Crippen molar-refractivity contribution in [2.45, 2.75) is 25.7 Å². The van der Waals surface area contributed by atoms with Crippen LogP contribution < -0.4 is 4.90 Å². The molecule has 0 aromatic heterocycles. The molecule has 0 bridgehead atoms. The van der Waals surface area contributed by atoms with E-state index in [0.717, 1.165) is 12.1 Å². The van der Waals surface area contributed by atoms with Crippen LogP contribution in [-0.4, -0.2) is 28.2 Å². The van der Waals surface area contributed by atoms with Crippen molar-refractivity contribution in [1.82, 2.24) is 4.90 Å². The van der Waals surface area contributed by atoms with Crippen molar-refractivity contribution in [2.24, 2.45) is 0 Å². The van der Waals surface area contributed by atoms with Crippen LogP contribution in [0.15, 0.2) is 62.9 Å². The van der Waals surface area contributed by atoms with Gasteiger partial charge in [-0.25, -0.2) is 0 Å². The van der Waals surface area contributed by atoms with Gasteiger partial charge in [-0.15, -0.1) is 0 Å². The first-order valence-corrected chi connectivity index (χ1v) is 10.3. The SMILES string of the molecule is CCN1C(=O)C(=CC=C(C)C=C2Sc3ccccc3N2CC)SC1=S. The van der Waals surface area contributed by atoms with E-state index in [-0.39, 0.29) is 5.91 Å². The normalized spacial score (nSPS) is 21.0. The molecule has 0 aliphatic carbocycles. The summed E-state index contributed by atoms with van der Waals surface area (Å²) >= 11 is 8.40. The first-order chi connectivity index (χ1) is 12.0. The number of thiocarbonyl (C=S) groups is 1. The second-order valence-electron chi connectivity index (χ2n) is 5.66. The lowest BCUT2D eigenvalue weighted by Gasteiger charge is -2.17. The molecule has 0 radical (unpaired) electrons. The molecule has 130 valence electrons. The highest BCUT2D eigenvalue weighted by molar-refractivity contribution is 8.26. The minimum absolute atomic E-state index is 0.00651. The van der Waals surface area contributed by atoms with Crippen LogP contribution in [0.2, 0.25) is 0 Å². The van der Waals surface area contributed by atoms with Crippen molar-refractivity contribution in [3.8, 4) is 0 Å². The van der Waals surface area contributed by atoms with Gasteiger partial charge in [-0.2, -0.15) is 0 Å². The maximum absolute atomic E-state index is 12.2.